The third-order valence-electron chi connectivity index (χ3n) is 5.27. The zero-order valence-corrected chi connectivity index (χ0v) is 12.9. The van der Waals surface area contributed by atoms with Crippen LogP contribution in [0.2, 0.25) is 0 Å². The summed E-state index contributed by atoms with van der Waals surface area (Å²) >= 11 is 0. The first-order valence-corrected chi connectivity index (χ1v) is 7.34. The molecule has 0 aromatic rings. The van der Waals surface area contributed by atoms with Crippen LogP contribution in [-0.4, -0.2) is 24.0 Å². The molecule has 0 saturated heterocycles. The molecule has 4 atom stereocenters. The van der Waals surface area contributed by atoms with Crippen LogP contribution in [0.1, 0.15) is 47.0 Å². The molecule has 112 valence electrons. The van der Waals surface area contributed by atoms with Gasteiger partial charge in [-0.3, -0.25) is 4.79 Å². The maximum absolute atomic E-state index is 12.2. The molecular formula is C16H25NO3. The SMILES string of the molecule is C=CC(=O)N[C@@H](C)C(=O)OC1C2(C)CCC(C2)C1(C)C. The highest BCUT2D eigenvalue weighted by atomic mass is 16.5. The van der Waals surface area contributed by atoms with Crippen molar-refractivity contribution in [1.82, 2.24) is 5.32 Å². The molecule has 1 amide bonds. The Morgan fingerprint density at radius 3 is 2.55 bits per heavy atom. The van der Waals surface area contributed by atoms with Gasteiger partial charge in [-0.2, -0.15) is 0 Å². The van der Waals surface area contributed by atoms with Gasteiger partial charge in [0.25, 0.3) is 0 Å². The maximum atomic E-state index is 12.2. The van der Waals surface area contributed by atoms with Crippen molar-refractivity contribution in [3.63, 3.8) is 0 Å². The van der Waals surface area contributed by atoms with E-state index in [1.807, 2.05) is 0 Å². The minimum atomic E-state index is -0.640. The zero-order valence-electron chi connectivity index (χ0n) is 12.9. The number of hydrogen-bond acceptors (Lipinski definition) is 3. The van der Waals surface area contributed by atoms with Crippen molar-refractivity contribution in [3.8, 4) is 0 Å². The zero-order chi connectivity index (χ0) is 15.1. The van der Waals surface area contributed by atoms with Gasteiger partial charge in [0.2, 0.25) is 5.91 Å². The second-order valence-corrected chi connectivity index (χ2v) is 7.17. The lowest BCUT2D eigenvalue weighted by Gasteiger charge is -2.42. The van der Waals surface area contributed by atoms with Gasteiger partial charge in [0.1, 0.15) is 12.1 Å². The third-order valence-corrected chi connectivity index (χ3v) is 5.27. The Hall–Kier alpha value is -1.32. The van der Waals surface area contributed by atoms with E-state index in [-0.39, 0.29) is 28.8 Å². The molecule has 0 aromatic heterocycles. The van der Waals surface area contributed by atoms with Crippen molar-refractivity contribution in [2.75, 3.05) is 0 Å². The fraction of sp³-hybridized carbons (Fsp3) is 0.750. The molecule has 4 heteroatoms. The second kappa shape index (κ2) is 4.90. The number of rotatable bonds is 4. The molecule has 2 saturated carbocycles. The minimum Gasteiger partial charge on any atom is -0.460 e. The molecule has 20 heavy (non-hydrogen) atoms. The van der Waals surface area contributed by atoms with Gasteiger partial charge in [-0.15, -0.1) is 0 Å². The van der Waals surface area contributed by atoms with Gasteiger partial charge in [0.15, 0.2) is 0 Å². The third kappa shape index (κ3) is 2.36. The number of nitrogens with one attached hydrogen (secondary N) is 1. The maximum Gasteiger partial charge on any atom is 0.328 e. The van der Waals surface area contributed by atoms with E-state index in [2.05, 4.69) is 32.7 Å². The Morgan fingerprint density at radius 1 is 1.40 bits per heavy atom. The molecule has 1 N–H and O–H groups in total. The van der Waals surface area contributed by atoms with Crippen LogP contribution in [0.4, 0.5) is 0 Å². The van der Waals surface area contributed by atoms with Crippen molar-refractivity contribution in [3.05, 3.63) is 12.7 Å². The standard InChI is InChI=1S/C16H25NO3/c1-6-12(18)17-10(2)13(19)20-14-15(3,4)11-7-8-16(14,5)9-11/h6,10-11,14H,1,7-9H2,2-5H3,(H,17,18)/t10-,11?,14?,16?/m0/s1. The van der Waals surface area contributed by atoms with Gasteiger partial charge in [-0.25, -0.2) is 4.79 Å². The number of hydrogen-bond donors (Lipinski definition) is 1. The molecule has 3 unspecified atom stereocenters. The van der Waals surface area contributed by atoms with E-state index in [9.17, 15) is 9.59 Å². The molecule has 0 radical (unpaired) electrons. The molecule has 2 rings (SSSR count). The lowest BCUT2D eigenvalue weighted by Crippen LogP contribution is -2.47. The summed E-state index contributed by atoms with van der Waals surface area (Å²) in [6.07, 6.45) is 4.56. The van der Waals surface area contributed by atoms with E-state index >= 15 is 0 Å². The van der Waals surface area contributed by atoms with Crippen molar-refractivity contribution in [1.29, 1.82) is 0 Å². The highest BCUT2D eigenvalue weighted by molar-refractivity contribution is 5.90. The predicted molar refractivity (Wildman–Crippen MR) is 76.9 cm³/mol. The first-order valence-electron chi connectivity index (χ1n) is 7.34. The molecule has 2 aliphatic carbocycles. The van der Waals surface area contributed by atoms with Crippen LogP contribution in [0, 0.1) is 16.7 Å². The number of amides is 1. The second-order valence-electron chi connectivity index (χ2n) is 7.17. The van der Waals surface area contributed by atoms with Crippen LogP contribution in [0.15, 0.2) is 12.7 Å². The van der Waals surface area contributed by atoms with Crippen LogP contribution >= 0.6 is 0 Å². The normalized spacial score (nSPS) is 35.4. The number of carbonyl (C=O) groups excluding carboxylic acids is 2. The highest BCUT2D eigenvalue weighted by Crippen LogP contribution is 2.63. The summed E-state index contributed by atoms with van der Waals surface area (Å²) in [4.78, 5) is 23.4. The summed E-state index contributed by atoms with van der Waals surface area (Å²) in [7, 11) is 0. The molecule has 0 aliphatic heterocycles. The topological polar surface area (TPSA) is 55.4 Å². The number of carbonyl (C=O) groups is 2. The van der Waals surface area contributed by atoms with Crippen molar-refractivity contribution in [2.24, 2.45) is 16.7 Å². The summed E-state index contributed by atoms with van der Waals surface area (Å²) in [5.41, 5.74) is 0.108. The van der Waals surface area contributed by atoms with Gasteiger partial charge < -0.3 is 10.1 Å². The molecule has 0 spiro atoms. The van der Waals surface area contributed by atoms with Gasteiger partial charge in [-0.05, 0) is 38.2 Å². The summed E-state index contributed by atoms with van der Waals surface area (Å²) < 4.78 is 5.78. The first-order chi connectivity index (χ1) is 9.20. The van der Waals surface area contributed by atoms with Crippen LogP contribution in [-0.2, 0) is 14.3 Å². The Kier molecular flexibility index (Phi) is 3.69. The van der Waals surface area contributed by atoms with Gasteiger partial charge in [0.05, 0.1) is 0 Å². The summed E-state index contributed by atoms with van der Waals surface area (Å²) in [6, 6.07) is -0.640. The average Bonchev–Trinajstić information content (AvgIpc) is 2.85. The fourth-order valence-corrected chi connectivity index (χ4v) is 4.10. The summed E-state index contributed by atoms with van der Waals surface area (Å²) in [5, 5.41) is 2.56. The van der Waals surface area contributed by atoms with Crippen molar-refractivity contribution in [2.45, 2.75) is 59.1 Å². The molecule has 4 nitrogen and oxygen atoms in total. The molecule has 2 fully saturated rings. The number of ether oxygens (including phenoxy) is 1. The molecular weight excluding hydrogens is 254 g/mol. The van der Waals surface area contributed by atoms with Crippen LogP contribution in [0.5, 0.6) is 0 Å². The molecule has 2 aliphatic rings. The van der Waals surface area contributed by atoms with Crippen LogP contribution < -0.4 is 5.32 Å². The lowest BCUT2D eigenvalue weighted by atomic mass is 9.70. The smallest absolute Gasteiger partial charge is 0.328 e. The summed E-state index contributed by atoms with van der Waals surface area (Å²) in [5.74, 6) is -0.0803. The van der Waals surface area contributed by atoms with Crippen LogP contribution in [0.3, 0.4) is 0 Å². The van der Waals surface area contributed by atoms with Crippen molar-refractivity contribution >= 4 is 11.9 Å². The van der Waals surface area contributed by atoms with E-state index in [1.54, 1.807) is 6.92 Å². The van der Waals surface area contributed by atoms with E-state index in [4.69, 9.17) is 4.74 Å². The minimum absolute atomic E-state index is 0.0187. The van der Waals surface area contributed by atoms with Gasteiger partial charge >= 0.3 is 5.97 Å². The first kappa shape index (κ1) is 15.1. The lowest BCUT2D eigenvalue weighted by molar-refractivity contribution is -0.167. The van der Waals surface area contributed by atoms with E-state index in [1.165, 1.54) is 6.42 Å². The van der Waals surface area contributed by atoms with Gasteiger partial charge in [0, 0.05) is 10.8 Å². The highest BCUT2D eigenvalue weighted by Gasteiger charge is 2.61. The molecule has 0 aromatic carbocycles. The fourth-order valence-electron chi connectivity index (χ4n) is 4.10. The quantitative estimate of drug-likeness (QED) is 0.635. The largest absolute Gasteiger partial charge is 0.460 e. The Morgan fingerprint density at radius 2 is 2.05 bits per heavy atom. The molecule has 0 heterocycles. The van der Waals surface area contributed by atoms with E-state index < -0.39 is 6.04 Å². The Balaban J connectivity index is 2.04. The number of esters is 1. The van der Waals surface area contributed by atoms with E-state index in [0.29, 0.717) is 5.92 Å². The number of fused-ring (bicyclic) bond motifs is 2. The Bertz CT molecular complexity index is 438. The summed E-state index contributed by atoms with van der Waals surface area (Å²) in [6.45, 7) is 11.6. The molecule has 2 bridgehead atoms. The average molecular weight is 279 g/mol. The monoisotopic (exact) mass is 279 g/mol. The Labute approximate surface area is 120 Å². The van der Waals surface area contributed by atoms with Crippen LogP contribution in [0.25, 0.3) is 0 Å². The van der Waals surface area contributed by atoms with Crippen molar-refractivity contribution < 1.29 is 14.3 Å². The van der Waals surface area contributed by atoms with Gasteiger partial charge in [-0.1, -0.05) is 27.4 Å². The predicted octanol–water partition coefficient (Wildman–Crippen LogP) is 2.44. The van der Waals surface area contributed by atoms with E-state index in [0.717, 1.165) is 18.9 Å².